The Morgan fingerprint density at radius 1 is 1.07 bits per heavy atom. The fraction of sp³-hybridized carbons (Fsp3) is 0.667. The van der Waals surface area contributed by atoms with Crippen molar-refractivity contribution in [3.63, 3.8) is 0 Å². The van der Waals surface area contributed by atoms with Crippen molar-refractivity contribution < 1.29 is 23.0 Å². The lowest BCUT2D eigenvalue weighted by molar-refractivity contribution is -0.159. The number of allylic oxidation sites excluding steroid dienone is 1. The second-order valence-corrected chi connectivity index (χ2v) is 8.57. The Kier molecular flexibility index (Phi) is 6.67. The molecule has 2 aliphatic carbocycles. The van der Waals surface area contributed by atoms with Gasteiger partial charge in [0.2, 0.25) is 0 Å². The second-order valence-electron chi connectivity index (χ2n) is 8.57. The molecule has 2 fully saturated rings. The third-order valence-electron chi connectivity index (χ3n) is 6.67. The van der Waals surface area contributed by atoms with E-state index in [0.29, 0.717) is 43.6 Å². The summed E-state index contributed by atoms with van der Waals surface area (Å²) in [6.45, 7) is 4.16. The first-order valence-electron chi connectivity index (χ1n) is 11.2. The zero-order valence-electron chi connectivity index (χ0n) is 17.4. The minimum absolute atomic E-state index is 0.0773. The smallest absolute Gasteiger partial charge is 0.172 e. The lowest BCUT2D eigenvalue weighted by Gasteiger charge is -2.31. The highest BCUT2D eigenvalue weighted by atomic mass is 19.2. The summed E-state index contributed by atoms with van der Waals surface area (Å²) in [5.74, 6) is -1.85. The molecule has 1 aromatic rings. The molecule has 4 rings (SSSR count). The Labute approximate surface area is 172 Å². The molecule has 0 atom stereocenters. The van der Waals surface area contributed by atoms with Crippen LogP contribution < -0.4 is 0 Å². The molecule has 0 aromatic heterocycles. The van der Waals surface area contributed by atoms with Crippen LogP contribution in [0.3, 0.4) is 0 Å². The topological polar surface area (TPSA) is 27.7 Å². The van der Waals surface area contributed by atoms with Gasteiger partial charge in [-0.25, -0.2) is 8.78 Å². The molecule has 1 heterocycles. The largest absolute Gasteiger partial charge is 0.378 e. The molecule has 3 nitrogen and oxygen atoms in total. The molecule has 0 radical (unpaired) electrons. The van der Waals surface area contributed by atoms with E-state index in [-0.39, 0.29) is 12.0 Å². The SMILES string of the molecule is CCCCOC1CCC(c2ccc(C3=CCC4(CC3)OCCO4)c(F)c2F)CC1. The van der Waals surface area contributed by atoms with E-state index in [1.165, 1.54) is 0 Å². The number of hydrogen-bond donors (Lipinski definition) is 0. The summed E-state index contributed by atoms with van der Waals surface area (Å²) < 4.78 is 47.2. The standard InChI is InChI=1S/C24H32F2O3/c1-2-3-14-27-19-6-4-17(5-7-19)20-8-9-21(23(26)22(20)25)18-10-12-24(13-11-18)28-15-16-29-24/h8-10,17,19H,2-7,11-16H2,1H3. The van der Waals surface area contributed by atoms with Crippen LogP contribution in [0.25, 0.3) is 5.57 Å². The average molecular weight is 407 g/mol. The molecule has 29 heavy (non-hydrogen) atoms. The Morgan fingerprint density at radius 2 is 1.83 bits per heavy atom. The summed E-state index contributed by atoms with van der Waals surface area (Å²) in [6.07, 6.45) is 9.89. The quantitative estimate of drug-likeness (QED) is 0.533. The molecule has 1 spiro atoms. The van der Waals surface area contributed by atoms with Crippen LogP contribution in [0.4, 0.5) is 8.78 Å². The van der Waals surface area contributed by atoms with Crippen LogP contribution in [0.1, 0.15) is 81.8 Å². The van der Waals surface area contributed by atoms with Crippen LogP contribution in [0.15, 0.2) is 18.2 Å². The summed E-state index contributed by atoms with van der Waals surface area (Å²) >= 11 is 0. The first-order valence-corrected chi connectivity index (χ1v) is 11.2. The predicted octanol–water partition coefficient (Wildman–Crippen LogP) is 6.12. The van der Waals surface area contributed by atoms with E-state index in [4.69, 9.17) is 14.2 Å². The van der Waals surface area contributed by atoms with Crippen LogP contribution in [-0.2, 0) is 14.2 Å². The molecule has 0 amide bonds. The molecule has 0 bridgehead atoms. The number of halogens is 2. The molecule has 0 unspecified atom stereocenters. The molecular formula is C24H32F2O3. The molecule has 3 aliphatic rings. The van der Waals surface area contributed by atoms with E-state index in [2.05, 4.69) is 6.92 Å². The van der Waals surface area contributed by atoms with Crippen molar-refractivity contribution in [1.29, 1.82) is 0 Å². The van der Waals surface area contributed by atoms with Crippen molar-refractivity contribution in [3.8, 4) is 0 Å². The van der Waals surface area contributed by atoms with E-state index in [1.54, 1.807) is 12.1 Å². The second kappa shape index (κ2) is 9.23. The fourth-order valence-electron chi connectivity index (χ4n) is 4.87. The van der Waals surface area contributed by atoms with E-state index in [0.717, 1.165) is 50.7 Å². The van der Waals surface area contributed by atoms with Crippen LogP contribution in [-0.4, -0.2) is 31.7 Å². The molecule has 1 aromatic carbocycles. The number of benzene rings is 1. The van der Waals surface area contributed by atoms with Gasteiger partial charge in [0.1, 0.15) is 0 Å². The van der Waals surface area contributed by atoms with E-state index in [1.807, 2.05) is 6.08 Å². The Hall–Kier alpha value is -1.30. The first kappa shape index (κ1) is 21.0. The summed E-state index contributed by atoms with van der Waals surface area (Å²) in [4.78, 5) is 0. The van der Waals surface area contributed by atoms with E-state index >= 15 is 0 Å². The monoisotopic (exact) mass is 406 g/mol. The number of rotatable bonds is 6. The van der Waals surface area contributed by atoms with Crippen LogP contribution in [0.2, 0.25) is 0 Å². The van der Waals surface area contributed by atoms with Gasteiger partial charge in [0.15, 0.2) is 17.4 Å². The van der Waals surface area contributed by atoms with Crippen LogP contribution >= 0.6 is 0 Å². The minimum Gasteiger partial charge on any atom is -0.378 e. The lowest BCUT2D eigenvalue weighted by Crippen LogP contribution is -2.31. The zero-order chi connectivity index (χ0) is 20.3. The fourth-order valence-corrected chi connectivity index (χ4v) is 4.87. The van der Waals surface area contributed by atoms with Crippen molar-refractivity contribution in [1.82, 2.24) is 0 Å². The number of ether oxygens (including phenoxy) is 3. The summed E-state index contributed by atoms with van der Waals surface area (Å²) in [7, 11) is 0. The van der Waals surface area contributed by atoms with E-state index in [9.17, 15) is 8.78 Å². The first-order chi connectivity index (χ1) is 14.1. The van der Waals surface area contributed by atoms with Gasteiger partial charge < -0.3 is 14.2 Å². The van der Waals surface area contributed by atoms with Crippen LogP contribution in [0.5, 0.6) is 0 Å². The normalized spacial score (nSPS) is 26.7. The average Bonchev–Trinajstić information content (AvgIpc) is 3.20. The highest BCUT2D eigenvalue weighted by molar-refractivity contribution is 5.67. The maximum Gasteiger partial charge on any atom is 0.172 e. The van der Waals surface area contributed by atoms with Gasteiger partial charge in [-0.3, -0.25) is 0 Å². The predicted molar refractivity (Wildman–Crippen MR) is 109 cm³/mol. The summed E-state index contributed by atoms with van der Waals surface area (Å²) in [5.41, 5.74) is 1.76. The van der Waals surface area contributed by atoms with Gasteiger partial charge in [-0.1, -0.05) is 31.6 Å². The Balaban J connectivity index is 1.41. The van der Waals surface area contributed by atoms with Crippen molar-refractivity contribution in [2.24, 2.45) is 0 Å². The van der Waals surface area contributed by atoms with Gasteiger partial charge in [0.25, 0.3) is 0 Å². The molecule has 5 heteroatoms. The zero-order valence-corrected chi connectivity index (χ0v) is 17.4. The van der Waals surface area contributed by atoms with Crippen molar-refractivity contribution in [2.45, 2.75) is 82.5 Å². The summed E-state index contributed by atoms with van der Waals surface area (Å²) in [6, 6.07) is 3.56. The highest BCUT2D eigenvalue weighted by Gasteiger charge is 2.38. The Morgan fingerprint density at radius 3 is 2.48 bits per heavy atom. The van der Waals surface area contributed by atoms with Gasteiger partial charge in [-0.2, -0.15) is 0 Å². The Bertz CT molecular complexity index is 732. The maximum absolute atomic E-state index is 15.0. The van der Waals surface area contributed by atoms with Gasteiger partial charge in [0.05, 0.1) is 19.3 Å². The third kappa shape index (κ3) is 4.57. The molecule has 0 N–H and O–H groups in total. The van der Waals surface area contributed by atoms with Crippen LogP contribution in [0, 0.1) is 11.6 Å². The van der Waals surface area contributed by atoms with Gasteiger partial charge >= 0.3 is 0 Å². The molecular weight excluding hydrogens is 374 g/mol. The minimum atomic E-state index is -0.709. The van der Waals surface area contributed by atoms with Crippen molar-refractivity contribution in [2.75, 3.05) is 19.8 Å². The third-order valence-corrected chi connectivity index (χ3v) is 6.67. The summed E-state index contributed by atoms with van der Waals surface area (Å²) in [5, 5.41) is 0. The highest BCUT2D eigenvalue weighted by Crippen LogP contribution is 2.41. The van der Waals surface area contributed by atoms with Gasteiger partial charge in [0, 0.05) is 25.0 Å². The maximum atomic E-state index is 15.0. The van der Waals surface area contributed by atoms with Crippen molar-refractivity contribution >= 4 is 5.57 Å². The van der Waals surface area contributed by atoms with Crippen molar-refractivity contribution in [3.05, 3.63) is 41.0 Å². The molecule has 1 aliphatic heterocycles. The number of hydrogen-bond acceptors (Lipinski definition) is 3. The van der Waals surface area contributed by atoms with Gasteiger partial charge in [-0.05, 0) is 55.6 Å². The molecule has 1 saturated heterocycles. The number of unbranched alkanes of at least 4 members (excludes halogenated alkanes) is 1. The molecule has 1 saturated carbocycles. The lowest BCUT2D eigenvalue weighted by atomic mass is 9.81. The molecule has 160 valence electrons. The van der Waals surface area contributed by atoms with Gasteiger partial charge in [-0.15, -0.1) is 0 Å². The van der Waals surface area contributed by atoms with E-state index < -0.39 is 17.4 Å².